The number of amides is 1. The molecule has 0 saturated heterocycles. The maximum atomic E-state index is 12.8. The summed E-state index contributed by atoms with van der Waals surface area (Å²) in [5.41, 5.74) is 2.27. The fraction of sp³-hybridized carbons (Fsp3) is 0.143. The molecule has 4 rings (SSSR count). The van der Waals surface area contributed by atoms with E-state index in [1.807, 2.05) is 24.3 Å². The quantitative estimate of drug-likeness (QED) is 0.384. The normalized spacial score (nSPS) is 10.9. The number of nitrogens with one attached hydrogen (secondary N) is 1. The minimum Gasteiger partial charge on any atom is -0.461 e. The lowest BCUT2D eigenvalue weighted by Crippen LogP contribution is -2.19. The Kier molecular flexibility index (Phi) is 6.22. The number of benzene rings is 2. The second kappa shape index (κ2) is 9.05. The molecule has 7 nitrogen and oxygen atoms in total. The van der Waals surface area contributed by atoms with Crippen LogP contribution in [0.15, 0.2) is 47.8 Å². The number of nitrogens with zero attached hydrogens (tertiary/aromatic N) is 3. The molecule has 31 heavy (non-hydrogen) atoms. The second-order valence-corrected chi connectivity index (χ2v) is 8.06. The average Bonchev–Trinajstić information content (AvgIpc) is 3.35. The van der Waals surface area contributed by atoms with Crippen LogP contribution in [0.1, 0.15) is 17.4 Å². The summed E-state index contributed by atoms with van der Waals surface area (Å²) in [6.07, 6.45) is 0. The van der Waals surface area contributed by atoms with Gasteiger partial charge in [0, 0.05) is 10.9 Å². The smallest absolute Gasteiger partial charge is 0.357 e. The van der Waals surface area contributed by atoms with Gasteiger partial charge in [-0.3, -0.25) is 4.79 Å². The standard InChI is InChI=1S/C21H16Cl2N4O3S/c1-2-30-20(29)15-11-31-21(25-15)26-17(28)10-27-16-9-4-3-8-14(16)24-19(27)12-6-5-7-13(22)18(12)23/h3-9,11H,2,10H2,1H3,(H,25,26,28). The van der Waals surface area contributed by atoms with Crippen molar-refractivity contribution in [1.82, 2.24) is 14.5 Å². The average molecular weight is 475 g/mol. The summed E-state index contributed by atoms with van der Waals surface area (Å²) in [6, 6.07) is 12.7. The molecule has 2 heterocycles. The van der Waals surface area contributed by atoms with Gasteiger partial charge in [0.15, 0.2) is 10.8 Å². The van der Waals surface area contributed by atoms with Crippen molar-refractivity contribution < 1.29 is 14.3 Å². The Balaban J connectivity index is 1.64. The van der Waals surface area contributed by atoms with Gasteiger partial charge in [-0.15, -0.1) is 11.3 Å². The molecule has 158 valence electrons. The Labute approximate surface area is 191 Å². The first kappa shape index (κ1) is 21.3. The van der Waals surface area contributed by atoms with Crippen LogP contribution in [-0.2, 0) is 16.1 Å². The molecule has 0 aliphatic carbocycles. The Hall–Kier alpha value is -2.94. The third kappa shape index (κ3) is 4.41. The summed E-state index contributed by atoms with van der Waals surface area (Å²) in [5.74, 6) is -0.333. The predicted octanol–water partition coefficient (Wildman–Crippen LogP) is 5.28. The van der Waals surface area contributed by atoms with Crippen LogP contribution in [0.5, 0.6) is 0 Å². The first-order chi connectivity index (χ1) is 15.0. The van der Waals surface area contributed by atoms with Crippen molar-refractivity contribution in [3.05, 3.63) is 63.6 Å². The number of aromatic nitrogens is 3. The fourth-order valence-corrected chi connectivity index (χ4v) is 4.13. The molecule has 0 unspecified atom stereocenters. The lowest BCUT2D eigenvalue weighted by atomic mass is 10.2. The number of esters is 1. The van der Waals surface area contributed by atoms with Crippen molar-refractivity contribution in [1.29, 1.82) is 0 Å². The van der Waals surface area contributed by atoms with Crippen molar-refractivity contribution in [3.8, 4) is 11.4 Å². The predicted molar refractivity (Wildman–Crippen MR) is 122 cm³/mol. The van der Waals surface area contributed by atoms with Gasteiger partial charge in [0.05, 0.1) is 27.7 Å². The summed E-state index contributed by atoms with van der Waals surface area (Å²) in [6.45, 7) is 1.93. The SMILES string of the molecule is CCOC(=O)c1csc(NC(=O)Cn2c(-c3cccc(Cl)c3Cl)nc3ccccc32)n1. The van der Waals surface area contributed by atoms with E-state index in [-0.39, 0.29) is 24.8 Å². The highest BCUT2D eigenvalue weighted by molar-refractivity contribution is 7.14. The number of halogens is 2. The van der Waals surface area contributed by atoms with E-state index in [0.717, 1.165) is 22.4 Å². The highest BCUT2D eigenvalue weighted by atomic mass is 35.5. The molecule has 1 amide bonds. The van der Waals surface area contributed by atoms with E-state index in [1.54, 1.807) is 29.7 Å². The Morgan fingerprint density at radius 2 is 1.94 bits per heavy atom. The molecule has 0 saturated carbocycles. The summed E-state index contributed by atoms with van der Waals surface area (Å²) in [7, 11) is 0. The van der Waals surface area contributed by atoms with E-state index in [1.165, 1.54) is 5.38 Å². The van der Waals surface area contributed by atoms with E-state index in [9.17, 15) is 9.59 Å². The number of fused-ring (bicyclic) bond motifs is 1. The maximum absolute atomic E-state index is 12.8. The number of thiazole rings is 1. The molecule has 0 aliphatic rings. The molecule has 10 heteroatoms. The Bertz CT molecular complexity index is 1280. The van der Waals surface area contributed by atoms with Gasteiger partial charge in [0.1, 0.15) is 12.4 Å². The number of carbonyl (C=O) groups is 2. The van der Waals surface area contributed by atoms with Gasteiger partial charge < -0.3 is 14.6 Å². The van der Waals surface area contributed by atoms with Crippen LogP contribution in [0, 0.1) is 0 Å². The highest BCUT2D eigenvalue weighted by Gasteiger charge is 2.19. The van der Waals surface area contributed by atoms with E-state index in [2.05, 4.69) is 15.3 Å². The zero-order valence-electron chi connectivity index (χ0n) is 16.3. The van der Waals surface area contributed by atoms with Crippen LogP contribution >= 0.6 is 34.5 Å². The molecule has 2 aromatic carbocycles. The number of rotatable bonds is 6. The lowest BCUT2D eigenvalue weighted by molar-refractivity contribution is -0.116. The van der Waals surface area contributed by atoms with E-state index < -0.39 is 5.97 Å². The number of hydrogen-bond acceptors (Lipinski definition) is 6. The zero-order valence-corrected chi connectivity index (χ0v) is 18.6. The van der Waals surface area contributed by atoms with E-state index in [4.69, 9.17) is 27.9 Å². The van der Waals surface area contributed by atoms with Gasteiger partial charge in [0.25, 0.3) is 0 Å². The second-order valence-electron chi connectivity index (χ2n) is 6.42. The van der Waals surface area contributed by atoms with Crippen molar-refractivity contribution in [2.24, 2.45) is 0 Å². The van der Waals surface area contributed by atoms with E-state index in [0.29, 0.717) is 26.6 Å². The van der Waals surface area contributed by atoms with Gasteiger partial charge in [-0.1, -0.05) is 41.4 Å². The van der Waals surface area contributed by atoms with Crippen LogP contribution in [0.2, 0.25) is 10.0 Å². The third-order valence-electron chi connectivity index (χ3n) is 4.38. The van der Waals surface area contributed by atoms with Gasteiger partial charge in [-0.05, 0) is 31.2 Å². The molecule has 4 aromatic rings. The molecule has 2 aromatic heterocycles. The van der Waals surface area contributed by atoms with Crippen molar-refractivity contribution in [2.75, 3.05) is 11.9 Å². The molecular formula is C21H16Cl2N4O3S. The van der Waals surface area contributed by atoms with E-state index >= 15 is 0 Å². The maximum Gasteiger partial charge on any atom is 0.357 e. The van der Waals surface area contributed by atoms with Crippen molar-refractivity contribution >= 4 is 62.6 Å². The number of hydrogen-bond donors (Lipinski definition) is 1. The number of para-hydroxylation sites is 2. The first-order valence-electron chi connectivity index (χ1n) is 9.30. The molecule has 0 radical (unpaired) electrons. The van der Waals surface area contributed by atoms with Crippen LogP contribution in [-0.4, -0.2) is 33.0 Å². The monoisotopic (exact) mass is 474 g/mol. The minimum atomic E-state index is -0.530. The molecule has 0 atom stereocenters. The molecule has 1 N–H and O–H groups in total. The van der Waals surface area contributed by atoms with Crippen LogP contribution in [0.4, 0.5) is 5.13 Å². The first-order valence-corrected chi connectivity index (χ1v) is 10.9. The number of carbonyl (C=O) groups excluding carboxylic acids is 2. The van der Waals surface area contributed by atoms with Crippen LogP contribution in [0.3, 0.4) is 0 Å². The highest BCUT2D eigenvalue weighted by Crippen LogP contribution is 2.34. The van der Waals surface area contributed by atoms with Crippen molar-refractivity contribution in [3.63, 3.8) is 0 Å². The molecule has 0 aliphatic heterocycles. The molecule has 0 fully saturated rings. The van der Waals surface area contributed by atoms with Crippen molar-refractivity contribution in [2.45, 2.75) is 13.5 Å². The van der Waals surface area contributed by atoms with Gasteiger partial charge in [-0.25, -0.2) is 14.8 Å². The van der Waals surface area contributed by atoms with Gasteiger partial charge in [0.2, 0.25) is 5.91 Å². The molecule has 0 spiro atoms. The number of ether oxygens (including phenoxy) is 1. The summed E-state index contributed by atoms with van der Waals surface area (Å²) in [4.78, 5) is 33.4. The minimum absolute atomic E-state index is 0.0347. The summed E-state index contributed by atoms with van der Waals surface area (Å²) in [5, 5.41) is 5.33. The van der Waals surface area contributed by atoms with Crippen LogP contribution < -0.4 is 5.32 Å². The zero-order chi connectivity index (χ0) is 22.0. The molecular weight excluding hydrogens is 459 g/mol. The summed E-state index contributed by atoms with van der Waals surface area (Å²) >= 11 is 13.7. The lowest BCUT2D eigenvalue weighted by Gasteiger charge is -2.10. The number of imidazole rings is 1. The van der Waals surface area contributed by atoms with Crippen LogP contribution in [0.25, 0.3) is 22.4 Å². The molecule has 0 bridgehead atoms. The third-order valence-corrected chi connectivity index (χ3v) is 5.96. The summed E-state index contributed by atoms with van der Waals surface area (Å²) < 4.78 is 6.69. The number of anilines is 1. The Morgan fingerprint density at radius 1 is 1.13 bits per heavy atom. The largest absolute Gasteiger partial charge is 0.461 e. The van der Waals surface area contributed by atoms with Gasteiger partial charge >= 0.3 is 5.97 Å². The Morgan fingerprint density at radius 3 is 2.74 bits per heavy atom. The van der Waals surface area contributed by atoms with Gasteiger partial charge in [-0.2, -0.15) is 0 Å². The topological polar surface area (TPSA) is 86.1 Å². The fourth-order valence-electron chi connectivity index (χ4n) is 3.05.